The summed E-state index contributed by atoms with van der Waals surface area (Å²) in [5, 5.41) is 5.16. The van der Waals surface area contributed by atoms with Gasteiger partial charge >= 0.3 is 12.0 Å². The summed E-state index contributed by atoms with van der Waals surface area (Å²) in [6, 6.07) is 8.96. The molecule has 0 unspecified atom stereocenters. The molecular weight excluding hydrogens is 494 g/mol. The Kier molecular flexibility index (Phi) is 8.74. The number of carbonyl (C=O) groups excluding carboxylic acids is 4. The van der Waals surface area contributed by atoms with E-state index >= 15 is 0 Å². The van der Waals surface area contributed by atoms with E-state index in [1.54, 1.807) is 31.2 Å². The van der Waals surface area contributed by atoms with E-state index in [4.69, 9.17) is 30.5 Å². The van der Waals surface area contributed by atoms with Gasteiger partial charge < -0.3 is 29.6 Å². The van der Waals surface area contributed by atoms with Crippen LogP contribution in [0.5, 0.6) is 17.2 Å². The van der Waals surface area contributed by atoms with E-state index in [1.807, 2.05) is 0 Å². The largest absolute Gasteiger partial charge is 0.495 e. The Hall–Kier alpha value is -4.25. The van der Waals surface area contributed by atoms with Gasteiger partial charge in [-0.25, -0.2) is 14.5 Å². The summed E-state index contributed by atoms with van der Waals surface area (Å²) in [6.07, 6.45) is 1.38. The maximum atomic E-state index is 12.8. The first kappa shape index (κ1) is 26.4. The Morgan fingerprint density at radius 1 is 1.11 bits per heavy atom. The number of halogens is 1. The highest BCUT2D eigenvalue weighted by Gasteiger charge is 2.35. The number of imide groups is 1. The molecule has 1 saturated heterocycles. The Labute approximate surface area is 211 Å². The number of carbonyl (C=O) groups is 4. The van der Waals surface area contributed by atoms with E-state index in [1.165, 1.54) is 32.4 Å². The van der Waals surface area contributed by atoms with Gasteiger partial charge in [-0.15, -0.1) is 0 Å². The van der Waals surface area contributed by atoms with Crippen molar-refractivity contribution < 1.29 is 38.1 Å². The predicted octanol–water partition coefficient (Wildman–Crippen LogP) is 2.83. The summed E-state index contributed by atoms with van der Waals surface area (Å²) in [4.78, 5) is 50.0. The van der Waals surface area contributed by atoms with Crippen LogP contribution < -0.4 is 24.8 Å². The average molecular weight is 518 g/mol. The molecule has 0 atom stereocenters. The van der Waals surface area contributed by atoms with Crippen LogP contribution in [-0.4, -0.2) is 62.7 Å². The molecule has 0 radical (unpaired) electrons. The monoisotopic (exact) mass is 517 g/mol. The molecule has 1 fully saturated rings. The van der Waals surface area contributed by atoms with E-state index < -0.39 is 30.4 Å². The highest BCUT2D eigenvalue weighted by molar-refractivity contribution is 6.32. The van der Waals surface area contributed by atoms with Gasteiger partial charge in [-0.2, -0.15) is 0 Å². The van der Waals surface area contributed by atoms with Crippen molar-refractivity contribution in [1.29, 1.82) is 0 Å². The number of urea groups is 1. The van der Waals surface area contributed by atoms with Crippen LogP contribution in [0.25, 0.3) is 6.08 Å². The zero-order chi connectivity index (χ0) is 26.2. The van der Waals surface area contributed by atoms with Crippen molar-refractivity contribution in [1.82, 2.24) is 10.2 Å². The highest BCUT2D eigenvalue weighted by atomic mass is 35.5. The number of methoxy groups -OCH3 is 2. The first-order chi connectivity index (χ1) is 17.3. The van der Waals surface area contributed by atoms with Gasteiger partial charge in [0.25, 0.3) is 5.91 Å². The van der Waals surface area contributed by atoms with Crippen LogP contribution in [0.3, 0.4) is 0 Å². The quantitative estimate of drug-likeness (QED) is 0.279. The molecule has 0 aliphatic carbocycles. The highest BCUT2D eigenvalue weighted by Crippen LogP contribution is 2.37. The van der Waals surface area contributed by atoms with Crippen LogP contribution in [0, 0.1) is 0 Å². The zero-order valence-corrected chi connectivity index (χ0v) is 20.5. The SMILES string of the molecule is CCOC(=O)COc1c(Cl)cc(/C=C2/NC(=O)N(CC(=O)Nc3ccccc3OC)C2=O)cc1OC. The van der Waals surface area contributed by atoms with Crippen LogP contribution in [0.15, 0.2) is 42.1 Å². The Bertz CT molecular complexity index is 1210. The number of hydrogen-bond acceptors (Lipinski definition) is 8. The average Bonchev–Trinajstić information content (AvgIpc) is 3.10. The third-order valence-electron chi connectivity index (χ3n) is 4.85. The first-order valence-electron chi connectivity index (χ1n) is 10.7. The number of hydrogen-bond donors (Lipinski definition) is 2. The Balaban J connectivity index is 1.73. The summed E-state index contributed by atoms with van der Waals surface area (Å²) in [5.41, 5.74) is 0.743. The minimum absolute atomic E-state index is 0.0663. The molecule has 1 heterocycles. The second kappa shape index (κ2) is 11.9. The van der Waals surface area contributed by atoms with E-state index in [0.717, 1.165) is 4.90 Å². The Morgan fingerprint density at radius 3 is 2.53 bits per heavy atom. The third kappa shape index (κ3) is 6.25. The molecule has 11 nitrogen and oxygen atoms in total. The summed E-state index contributed by atoms with van der Waals surface area (Å²) >= 11 is 6.29. The van der Waals surface area contributed by atoms with Crippen LogP contribution in [0.1, 0.15) is 12.5 Å². The zero-order valence-electron chi connectivity index (χ0n) is 19.8. The number of ether oxygens (including phenoxy) is 4. The van der Waals surface area contributed by atoms with E-state index in [0.29, 0.717) is 17.0 Å². The van der Waals surface area contributed by atoms with Gasteiger partial charge in [-0.3, -0.25) is 9.59 Å². The maximum absolute atomic E-state index is 12.8. The summed E-state index contributed by atoms with van der Waals surface area (Å²) in [6.45, 7) is 0.999. The van der Waals surface area contributed by atoms with Gasteiger partial charge in [0.05, 0.1) is 31.5 Å². The lowest BCUT2D eigenvalue weighted by Crippen LogP contribution is -2.38. The van der Waals surface area contributed by atoms with Crippen molar-refractivity contribution in [2.75, 3.05) is 39.3 Å². The second-order valence-electron chi connectivity index (χ2n) is 7.26. The molecule has 1 aliphatic heterocycles. The topological polar surface area (TPSA) is 132 Å². The van der Waals surface area contributed by atoms with Crippen LogP contribution in [-0.2, 0) is 19.1 Å². The van der Waals surface area contributed by atoms with E-state index in [-0.39, 0.29) is 35.4 Å². The van der Waals surface area contributed by atoms with E-state index in [2.05, 4.69) is 10.6 Å². The van der Waals surface area contributed by atoms with Crippen molar-refractivity contribution in [3.05, 3.63) is 52.7 Å². The molecule has 12 heteroatoms. The van der Waals surface area contributed by atoms with Gasteiger partial charge in [-0.1, -0.05) is 23.7 Å². The lowest BCUT2D eigenvalue weighted by atomic mass is 10.1. The van der Waals surface area contributed by atoms with Crippen LogP contribution >= 0.6 is 11.6 Å². The van der Waals surface area contributed by atoms with Crippen molar-refractivity contribution in [3.8, 4) is 17.2 Å². The molecule has 0 spiro atoms. The van der Waals surface area contributed by atoms with Crippen molar-refractivity contribution >= 4 is 47.2 Å². The molecule has 0 saturated carbocycles. The van der Waals surface area contributed by atoms with Gasteiger partial charge in [0.2, 0.25) is 5.91 Å². The molecule has 190 valence electrons. The maximum Gasteiger partial charge on any atom is 0.344 e. The number of para-hydroxylation sites is 2. The fraction of sp³-hybridized carbons (Fsp3) is 0.250. The normalized spacial score (nSPS) is 13.9. The number of amides is 4. The summed E-state index contributed by atoms with van der Waals surface area (Å²) < 4.78 is 20.7. The van der Waals surface area contributed by atoms with Gasteiger partial charge in [0.15, 0.2) is 18.1 Å². The predicted molar refractivity (Wildman–Crippen MR) is 130 cm³/mol. The number of nitrogens with one attached hydrogen (secondary N) is 2. The number of esters is 1. The second-order valence-corrected chi connectivity index (χ2v) is 7.66. The third-order valence-corrected chi connectivity index (χ3v) is 5.13. The number of anilines is 1. The molecule has 1 aliphatic rings. The first-order valence-corrected chi connectivity index (χ1v) is 11.1. The van der Waals surface area contributed by atoms with Crippen LogP contribution in [0.2, 0.25) is 5.02 Å². The minimum atomic E-state index is -0.756. The van der Waals surface area contributed by atoms with Gasteiger partial charge in [0.1, 0.15) is 18.0 Å². The van der Waals surface area contributed by atoms with Gasteiger partial charge in [0, 0.05) is 0 Å². The lowest BCUT2D eigenvalue weighted by molar-refractivity contribution is -0.145. The fourth-order valence-electron chi connectivity index (χ4n) is 3.26. The lowest BCUT2D eigenvalue weighted by Gasteiger charge is -2.14. The Morgan fingerprint density at radius 2 is 1.83 bits per heavy atom. The van der Waals surface area contributed by atoms with Crippen LogP contribution in [0.4, 0.5) is 10.5 Å². The van der Waals surface area contributed by atoms with Gasteiger partial charge in [-0.05, 0) is 42.8 Å². The van der Waals surface area contributed by atoms with Crippen molar-refractivity contribution in [2.45, 2.75) is 6.92 Å². The number of benzene rings is 2. The van der Waals surface area contributed by atoms with Crippen molar-refractivity contribution in [3.63, 3.8) is 0 Å². The molecule has 4 amide bonds. The molecule has 2 aromatic carbocycles. The molecule has 3 rings (SSSR count). The molecule has 2 aromatic rings. The fourth-order valence-corrected chi connectivity index (χ4v) is 3.53. The number of nitrogens with zero attached hydrogens (tertiary/aromatic N) is 1. The minimum Gasteiger partial charge on any atom is -0.495 e. The number of rotatable bonds is 10. The molecule has 36 heavy (non-hydrogen) atoms. The molecule has 0 bridgehead atoms. The standard InChI is InChI=1S/C24H24ClN3O8/c1-4-35-21(30)13-36-22-15(25)9-14(11-19(22)34-3)10-17-23(31)28(24(32)27-17)12-20(29)26-16-7-5-6-8-18(16)33-2/h5-11H,4,12-13H2,1-3H3,(H,26,29)(H,27,32)/b17-10+. The molecular formula is C24H24ClN3O8. The smallest absolute Gasteiger partial charge is 0.344 e. The van der Waals surface area contributed by atoms with Crippen molar-refractivity contribution in [2.24, 2.45) is 0 Å². The molecule has 0 aromatic heterocycles. The summed E-state index contributed by atoms with van der Waals surface area (Å²) in [5.74, 6) is -1.11. The molecule has 2 N–H and O–H groups in total. The van der Waals surface area contributed by atoms with E-state index in [9.17, 15) is 19.2 Å². The summed E-state index contributed by atoms with van der Waals surface area (Å²) in [7, 11) is 2.84.